The molecule has 2 aromatic heterocycles. The summed E-state index contributed by atoms with van der Waals surface area (Å²) in [6, 6.07) is 2.99. The fourth-order valence-corrected chi connectivity index (χ4v) is 3.09. The molecule has 0 saturated heterocycles. The Bertz CT molecular complexity index is 944. The summed E-state index contributed by atoms with van der Waals surface area (Å²) in [5.74, 6) is 1.09. The molecule has 10 heteroatoms. The molecular weight excluding hydrogens is 399 g/mol. The molecule has 0 aromatic carbocycles. The maximum absolute atomic E-state index is 13.3. The van der Waals surface area contributed by atoms with Crippen LogP contribution < -0.4 is 4.74 Å². The summed E-state index contributed by atoms with van der Waals surface area (Å²) in [5, 5.41) is 8.26. The van der Waals surface area contributed by atoms with Gasteiger partial charge in [-0.15, -0.1) is 10.2 Å². The lowest BCUT2D eigenvalue weighted by Gasteiger charge is -2.42. The summed E-state index contributed by atoms with van der Waals surface area (Å²) >= 11 is 0. The zero-order valence-corrected chi connectivity index (χ0v) is 17.3. The van der Waals surface area contributed by atoms with Crippen molar-refractivity contribution in [3.05, 3.63) is 35.5 Å². The molecule has 30 heavy (non-hydrogen) atoms. The maximum atomic E-state index is 13.3. The van der Waals surface area contributed by atoms with Crippen LogP contribution in [0.3, 0.4) is 0 Å². The molecule has 0 bridgehead atoms. The van der Waals surface area contributed by atoms with Crippen LogP contribution in [0.2, 0.25) is 0 Å². The van der Waals surface area contributed by atoms with Gasteiger partial charge in [-0.2, -0.15) is 13.2 Å². The predicted molar refractivity (Wildman–Crippen MR) is 106 cm³/mol. The number of halogens is 3. The first kappa shape index (κ1) is 21.9. The molecule has 2 heterocycles. The van der Waals surface area contributed by atoms with Crippen molar-refractivity contribution >= 4 is 18.6 Å². The number of pyridine rings is 1. The van der Waals surface area contributed by atoms with Crippen LogP contribution in [0.15, 0.2) is 23.3 Å². The van der Waals surface area contributed by atoms with E-state index in [2.05, 4.69) is 26.9 Å². The number of nitrogens with zero attached hydrogens (tertiary/aromatic N) is 5. The van der Waals surface area contributed by atoms with E-state index in [1.54, 1.807) is 30.9 Å². The van der Waals surface area contributed by atoms with E-state index in [1.165, 1.54) is 12.3 Å². The maximum Gasteiger partial charge on any atom is 0.428 e. The van der Waals surface area contributed by atoms with Crippen LogP contribution in [-0.4, -0.2) is 45.4 Å². The molecule has 162 valence electrons. The van der Waals surface area contributed by atoms with E-state index in [-0.39, 0.29) is 18.7 Å². The average Bonchev–Trinajstić information content (AvgIpc) is 3.03. The molecule has 0 aliphatic heterocycles. The van der Waals surface area contributed by atoms with Crippen LogP contribution in [0, 0.1) is 6.92 Å². The number of aliphatic imine (C=N–C) groups is 1. The fourth-order valence-electron chi connectivity index (χ4n) is 3.09. The molecule has 0 amide bonds. The van der Waals surface area contributed by atoms with Gasteiger partial charge >= 0.3 is 6.18 Å². The van der Waals surface area contributed by atoms with Crippen molar-refractivity contribution < 1.29 is 22.6 Å². The minimum atomic E-state index is -4.43. The summed E-state index contributed by atoms with van der Waals surface area (Å²) in [6.45, 7) is 9.07. The van der Waals surface area contributed by atoms with Gasteiger partial charge < -0.3 is 9.47 Å². The molecule has 0 atom stereocenters. The van der Waals surface area contributed by atoms with Crippen molar-refractivity contribution in [2.75, 3.05) is 7.11 Å². The van der Waals surface area contributed by atoms with Crippen molar-refractivity contribution in [2.45, 2.75) is 57.4 Å². The lowest BCUT2D eigenvalue weighted by Crippen LogP contribution is -2.55. The van der Waals surface area contributed by atoms with Crippen molar-refractivity contribution in [2.24, 2.45) is 4.99 Å². The van der Waals surface area contributed by atoms with Crippen molar-refractivity contribution in [3.63, 3.8) is 0 Å². The van der Waals surface area contributed by atoms with E-state index in [0.29, 0.717) is 29.3 Å². The average molecular weight is 423 g/mol. The van der Waals surface area contributed by atoms with Gasteiger partial charge in [0.15, 0.2) is 5.82 Å². The molecular formula is C20H24F3N5O2. The Morgan fingerprint density at radius 2 is 1.97 bits per heavy atom. The number of hydrogen-bond acceptors (Lipinski definition) is 6. The Labute approximate surface area is 172 Å². The van der Waals surface area contributed by atoms with Crippen LogP contribution in [0.5, 0.6) is 5.88 Å². The van der Waals surface area contributed by atoms with Gasteiger partial charge in [0, 0.05) is 31.1 Å². The summed E-state index contributed by atoms with van der Waals surface area (Å²) in [7, 11) is 1.57. The summed E-state index contributed by atoms with van der Waals surface area (Å²) in [6.07, 6.45) is -1.01. The van der Waals surface area contributed by atoms with Crippen LogP contribution in [0.1, 0.15) is 50.3 Å². The normalized spacial score (nSPS) is 16.8. The molecule has 2 aromatic rings. The van der Waals surface area contributed by atoms with E-state index in [4.69, 9.17) is 9.47 Å². The third kappa shape index (κ3) is 3.96. The number of aromatic nitrogens is 4. The third-order valence-corrected chi connectivity index (χ3v) is 5.35. The van der Waals surface area contributed by atoms with Gasteiger partial charge in [-0.3, -0.25) is 9.56 Å². The fraction of sp³-hybridized carbons (Fsp3) is 0.500. The van der Waals surface area contributed by atoms with Gasteiger partial charge in [0.05, 0.1) is 5.70 Å². The topological polar surface area (TPSA) is 74.4 Å². The van der Waals surface area contributed by atoms with E-state index in [9.17, 15) is 13.2 Å². The molecule has 1 saturated carbocycles. The van der Waals surface area contributed by atoms with Crippen LogP contribution in [0.4, 0.5) is 13.2 Å². The number of alkyl halides is 3. The van der Waals surface area contributed by atoms with Crippen LogP contribution in [-0.2, 0) is 10.3 Å². The van der Waals surface area contributed by atoms with Crippen molar-refractivity contribution in [3.8, 4) is 5.88 Å². The lowest BCUT2D eigenvalue weighted by molar-refractivity contribution is -0.275. The highest BCUT2D eigenvalue weighted by Gasteiger charge is 2.61. The first-order valence-corrected chi connectivity index (χ1v) is 9.41. The Hall–Kier alpha value is -2.75. The second-order valence-corrected chi connectivity index (χ2v) is 7.66. The van der Waals surface area contributed by atoms with Crippen molar-refractivity contribution in [1.29, 1.82) is 0 Å². The van der Waals surface area contributed by atoms with E-state index in [0.717, 1.165) is 0 Å². The highest BCUT2D eigenvalue weighted by molar-refractivity contribution is 5.77. The molecule has 0 spiro atoms. The summed E-state index contributed by atoms with van der Waals surface area (Å²) in [5.41, 5.74) is -1.84. The number of methoxy groups -OCH3 is 1. The first-order valence-electron chi connectivity index (χ1n) is 9.41. The van der Waals surface area contributed by atoms with Gasteiger partial charge in [-0.25, -0.2) is 4.98 Å². The van der Waals surface area contributed by atoms with Gasteiger partial charge in [0.1, 0.15) is 11.4 Å². The zero-order valence-electron chi connectivity index (χ0n) is 17.3. The molecule has 0 unspecified atom stereocenters. The Kier molecular flexibility index (Phi) is 5.72. The minimum absolute atomic E-state index is 0.0652. The van der Waals surface area contributed by atoms with E-state index >= 15 is 0 Å². The van der Waals surface area contributed by atoms with Gasteiger partial charge in [0.25, 0.3) is 0 Å². The van der Waals surface area contributed by atoms with E-state index in [1.807, 2.05) is 13.8 Å². The van der Waals surface area contributed by atoms with Crippen LogP contribution in [0.25, 0.3) is 11.9 Å². The highest BCUT2D eigenvalue weighted by Crippen LogP contribution is 2.48. The van der Waals surface area contributed by atoms with Crippen LogP contribution >= 0.6 is 0 Å². The number of aryl methyl sites for hydroxylation is 1. The third-order valence-electron chi connectivity index (χ3n) is 5.35. The van der Waals surface area contributed by atoms with Gasteiger partial charge in [-0.1, -0.05) is 0 Å². The van der Waals surface area contributed by atoms with E-state index < -0.39 is 17.4 Å². The second kappa shape index (κ2) is 7.82. The SMILES string of the molecule is C=N/C(=C\n1c(C)nnc1C(C)(C)OC)c1ccc(OC2(C(F)(F)F)CCC2)nc1. The number of hydrogen-bond donors (Lipinski definition) is 0. The second-order valence-electron chi connectivity index (χ2n) is 7.66. The molecule has 0 radical (unpaired) electrons. The summed E-state index contributed by atoms with van der Waals surface area (Å²) in [4.78, 5) is 8.08. The minimum Gasteiger partial charge on any atom is -0.461 e. The number of rotatable bonds is 7. The monoisotopic (exact) mass is 423 g/mol. The Balaban J connectivity index is 1.89. The molecule has 0 N–H and O–H groups in total. The molecule has 7 nitrogen and oxygen atoms in total. The lowest BCUT2D eigenvalue weighted by atomic mass is 9.79. The summed E-state index contributed by atoms with van der Waals surface area (Å²) < 4.78 is 52.4. The van der Waals surface area contributed by atoms with Gasteiger partial charge in [0.2, 0.25) is 11.5 Å². The van der Waals surface area contributed by atoms with Crippen molar-refractivity contribution in [1.82, 2.24) is 19.7 Å². The predicted octanol–water partition coefficient (Wildman–Crippen LogP) is 4.38. The smallest absolute Gasteiger partial charge is 0.428 e. The highest BCUT2D eigenvalue weighted by atomic mass is 19.4. The molecule has 1 fully saturated rings. The molecule has 1 aliphatic rings. The largest absolute Gasteiger partial charge is 0.461 e. The zero-order chi connectivity index (χ0) is 22.2. The first-order chi connectivity index (χ1) is 14.0. The quantitative estimate of drug-likeness (QED) is 0.618. The Morgan fingerprint density at radius 3 is 2.43 bits per heavy atom. The molecule has 3 rings (SSSR count). The Morgan fingerprint density at radius 1 is 1.27 bits per heavy atom. The molecule has 1 aliphatic carbocycles. The van der Waals surface area contributed by atoms with Gasteiger partial charge in [-0.05, 0) is 52.8 Å². The number of ether oxygens (including phenoxy) is 2. The standard InChI is InChI=1S/C20H24F3N5O2/c1-13-26-27-17(18(2,3)29-5)28(13)12-15(24-4)14-7-8-16(25-11-14)30-19(9-6-10-19)20(21,22)23/h7-8,11-12H,4,6,9-10H2,1-3,5H3/b15-12-.